The molecular formula is C12H9NO5. The van der Waals surface area contributed by atoms with Crippen LogP contribution in [0.3, 0.4) is 0 Å². The highest BCUT2D eigenvalue weighted by atomic mass is 16.6. The lowest BCUT2D eigenvalue weighted by Gasteiger charge is -2.15. The van der Waals surface area contributed by atoms with Gasteiger partial charge in [0.25, 0.3) is 5.69 Å². The molecular weight excluding hydrogens is 238 g/mol. The number of nitro benzene ring substituents is 1. The van der Waals surface area contributed by atoms with Gasteiger partial charge in [0, 0.05) is 23.8 Å². The number of fused-ring (bicyclic) bond motifs is 1. The van der Waals surface area contributed by atoms with E-state index in [0.29, 0.717) is 16.9 Å². The van der Waals surface area contributed by atoms with Gasteiger partial charge in [-0.05, 0) is 23.8 Å². The second-order valence-corrected chi connectivity index (χ2v) is 3.66. The van der Waals surface area contributed by atoms with Crippen LogP contribution in [0.5, 0.6) is 5.75 Å². The van der Waals surface area contributed by atoms with Crippen molar-refractivity contribution in [1.29, 1.82) is 0 Å². The van der Waals surface area contributed by atoms with E-state index in [4.69, 9.17) is 9.84 Å². The van der Waals surface area contributed by atoms with Crippen molar-refractivity contribution in [3.8, 4) is 5.75 Å². The topological polar surface area (TPSA) is 89.7 Å². The molecule has 0 amide bonds. The first-order chi connectivity index (χ1) is 8.56. The summed E-state index contributed by atoms with van der Waals surface area (Å²) in [6.07, 6.45) is 4.08. The van der Waals surface area contributed by atoms with E-state index in [0.717, 1.165) is 6.08 Å². The van der Waals surface area contributed by atoms with Crippen LogP contribution in [0.15, 0.2) is 35.9 Å². The van der Waals surface area contributed by atoms with Gasteiger partial charge in [0.15, 0.2) is 0 Å². The van der Waals surface area contributed by atoms with Gasteiger partial charge < -0.3 is 9.84 Å². The number of nitro groups is 1. The molecule has 0 spiro atoms. The van der Waals surface area contributed by atoms with Crippen LogP contribution in [0.2, 0.25) is 0 Å². The normalized spacial score (nSPS) is 13.7. The maximum Gasteiger partial charge on any atom is 0.328 e. The van der Waals surface area contributed by atoms with Crippen LogP contribution < -0.4 is 4.74 Å². The number of ether oxygens (including phenoxy) is 1. The Hall–Kier alpha value is -2.63. The highest BCUT2D eigenvalue weighted by Gasteiger charge is 2.14. The minimum atomic E-state index is -1.05. The largest absolute Gasteiger partial charge is 0.488 e. The zero-order chi connectivity index (χ0) is 13.1. The molecule has 0 radical (unpaired) electrons. The number of carboxylic acid groups (broad SMARTS) is 1. The number of non-ortho nitro benzene ring substituents is 1. The molecule has 6 nitrogen and oxygen atoms in total. The summed E-state index contributed by atoms with van der Waals surface area (Å²) in [5.41, 5.74) is 1.18. The van der Waals surface area contributed by atoms with Crippen molar-refractivity contribution in [3.63, 3.8) is 0 Å². The van der Waals surface area contributed by atoms with E-state index in [1.54, 1.807) is 6.08 Å². The molecule has 0 fully saturated rings. The lowest BCUT2D eigenvalue weighted by atomic mass is 10.1. The summed E-state index contributed by atoms with van der Waals surface area (Å²) in [7, 11) is 0. The van der Waals surface area contributed by atoms with Crippen molar-refractivity contribution >= 4 is 17.7 Å². The third kappa shape index (κ3) is 2.54. The van der Waals surface area contributed by atoms with Gasteiger partial charge in [0.1, 0.15) is 12.4 Å². The van der Waals surface area contributed by atoms with Gasteiger partial charge in [-0.2, -0.15) is 0 Å². The molecule has 0 saturated heterocycles. The van der Waals surface area contributed by atoms with E-state index in [2.05, 4.69) is 0 Å². The Labute approximate surface area is 102 Å². The zero-order valence-electron chi connectivity index (χ0n) is 9.20. The molecule has 92 valence electrons. The summed E-state index contributed by atoms with van der Waals surface area (Å²) in [5, 5.41) is 19.1. The van der Waals surface area contributed by atoms with Gasteiger partial charge in [0.2, 0.25) is 0 Å². The Morgan fingerprint density at radius 2 is 2.28 bits per heavy atom. The van der Waals surface area contributed by atoms with Crippen LogP contribution in [0.4, 0.5) is 5.69 Å². The van der Waals surface area contributed by atoms with E-state index >= 15 is 0 Å². The van der Waals surface area contributed by atoms with Crippen LogP contribution in [-0.2, 0) is 4.79 Å². The Bertz CT molecular complexity index is 574. The summed E-state index contributed by atoms with van der Waals surface area (Å²) >= 11 is 0. The minimum Gasteiger partial charge on any atom is -0.488 e. The van der Waals surface area contributed by atoms with Gasteiger partial charge in [0.05, 0.1) is 4.92 Å². The highest BCUT2D eigenvalue weighted by Crippen LogP contribution is 2.30. The number of nitrogens with zero attached hydrogens (tertiary/aromatic N) is 1. The predicted molar refractivity (Wildman–Crippen MR) is 63.3 cm³/mol. The van der Waals surface area contributed by atoms with Gasteiger partial charge in [-0.3, -0.25) is 10.1 Å². The summed E-state index contributed by atoms with van der Waals surface area (Å²) in [4.78, 5) is 20.5. The van der Waals surface area contributed by atoms with Crippen molar-refractivity contribution in [1.82, 2.24) is 0 Å². The van der Waals surface area contributed by atoms with Crippen LogP contribution >= 0.6 is 0 Å². The Morgan fingerprint density at radius 1 is 1.50 bits per heavy atom. The highest BCUT2D eigenvalue weighted by molar-refractivity contribution is 5.81. The van der Waals surface area contributed by atoms with Gasteiger partial charge >= 0.3 is 5.97 Å². The quantitative estimate of drug-likeness (QED) is 0.501. The second-order valence-electron chi connectivity index (χ2n) is 3.66. The lowest BCUT2D eigenvalue weighted by molar-refractivity contribution is -0.384. The minimum absolute atomic E-state index is 0.0305. The molecule has 1 aliphatic heterocycles. The SMILES string of the molecule is O=C(O)/C=C/C1=Cc2cc([N+](=O)[O-])ccc2OC1. The molecule has 6 heteroatoms. The van der Waals surface area contributed by atoms with E-state index in [-0.39, 0.29) is 12.3 Å². The fraction of sp³-hybridized carbons (Fsp3) is 0.0833. The number of aliphatic carboxylic acids is 1. The van der Waals surface area contributed by atoms with E-state index < -0.39 is 10.9 Å². The molecule has 0 bridgehead atoms. The van der Waals surface area contributed by atoms with Crippen LogP contribution in [0, 0.1) is 10.1 Å². The van der Waals surface area contributed by atoms with Crippen LogP contribution in [0.1, 0.15) is 5.56 Å². The summed E-state index contributed by atoms with van der Waals surface area (Å²) in [5.74, 6) is -0.506. The van der Waals surface area contributed by atoms with E-state index in [1.807, 2.05) is 0 Å². The van der Waals surface area contributed by atoms with Crippen molar-refractivity contribution in [2.45, 2.75) is 0 Å². The number of carbonyl (C=O) groups is 1. The Kier molecular flexibility index (Phi) is 3.09. The van der Waals surface area contributed by atoms with Gasteiger partial charge in [-0.1, -0.05) is 0 Å². The van der Waals surface area contributed by atoms with E-state index in [9.17, 15) is 14.9 Å². The van der Waals surface area contributed by atoms with Crippen molar-refractivity contribution in [2.75, 3.05) is 6.61 Å². The average molecular weight is 247 g/mol. The van der Waals surface area contributed by atoms with Crippen LogP contribution in [0.25, 0.3) is 6.08 Å². The summed E-state index contributed by atoms with van der Waals surface area (Å²) in [6, 6.07) is 4.29. The molecule has 0 saturated carbocycles. The number of rotatable bonds is 3. The standard InChI is InChI=1S/C12H9NO5/c14-12(15)4-1-8-5-9-6-10(13(16)17)2-3-11(9)18-7-8/h1-6H,7H2,(H,14,15)/b4-1+. The predicted octanol–water partition coefficient (Wildman–Crippen LogP) is 2.01. The Balaban J connectivity index is 2.34. The fourth-order valence-electron chi connectivity index (χ4n) is 1.57. The lowest BCUT2D eigenvalue weighted by Crippen LogP contribution is -2.06. The molecule has 1 aromatic rings. The summed E-state index contributed by atoms with van der Waals surface area (Å²) in [6.45, 7) is 0.245. The molecule has 18 heavy (non-hydrogen) atoms. The van der Waals surface area contributed by atoms with Crippen molar-refractivity contribution < 1.29 is 19.6 Å². The van der Waals surface area contributed by atoms with Gasteiger partial charge in [-0.15, -0.1) is 0 Å². The summed E-state index contributed by atoms with van der Waals surface area (Å²) < 4.78 is 5.37. The van der Waals surface area contributed by atoms with Crippen molar-refractivity contribution in [2.24, 2.45) is 0 Å². The fourth-order valence-corrected chi connectivity index (χ4v) is 1.57. The number of hydrogen-bond acceptors (Lipinski definition) is 4. The molecule has 1 aliphatic rings. The zero-order valence-corrected chi connectivity index (χ0v) is 9.20. The molecule has 0 aliphatic carbocycles. The molecule has 0 unspecified atom stereocenters. The first-order valence-electron chi connectivity index (χ1n) is 5.09. The molecule has 2 rings (SSSR count). The Morgan fingerprint density at radius 3 is 2.94 bits per heavy atom. The third-order valence-corrected chi connectivity index (χ3v) is 2.38. The van der Waals surface area contributed by atoms with Crippen molar-refractivity contribution in [3.05, 3.63) is 51.6 Å². The smallest absolute Gasteiger partial charge is 0.328 e. The molecule has 0 atom stereocenters. The molecule has 1 N–H and O–H groups in total. The average Bonchev–Trinajstić information content (AvgIpc) is 2.35. The number of carboxylic acids is 1. The monoisotopic (exact) mass is 247 g/mol. The van der Waals surface area contributed by atoms with Crippen LogP contribution in [-0.4, -0.2) is 22.6 Å². The number of hydrogen-bond donors (Lipinski definition) is 1. The maximum absolute atomic E-state index is 10.6. The second kappa shape index (κ2) is 4.70. The molecule has 1 aromatic carbocycles. The maximum atomic E-state index is 10.6. The first kappa shape index (κ1) is 11.8. The number of benzene rings is 1. The molecule has 1 heterocycles. The first-order valence-corrected chi connectivity index (χ1v) is 5.09. The van der Waals surface area contributed by atoms with Gasteiger partial charge in [-0.25, -0.2) is 4.79 Å². The van der Waals surface area contributed by atoms with E-state index in [1.165, 1.54) is 24.3 Å². The molecule has 0 aromatic heterocycles. The third-order valence-electron chi connectivity index (χ3n) is 2.38.